The van der Waals surface area contributed by atoms with E-state index in [0.717, 1.165) is 16.6 Å². The average molecular weight is 285 g/mol. The highest BCUT2D eigenvalue weighted by Gasteiger charge is 2.14. The van der Waals surface area contributed by atoms with Crippen molar-refractivity contribution in [3.8, 4) is 0 Å². The van der Waals surface area contributed by atoms with E-state index in [0.29, 0.717) is 0 Å². The van der Waals surface area contributed by atoms with Gasteiger partial charge in [-0.15, -0.1) is 24.8 Å². The lowest BCUT2D eigenvalue weighted by atomic mass is 10.1. The number of anilines is 1. The van der Waals surface area contributed by atoms with Crippen LogP contribution in [0.1, 0.15) is 17.5 Å². The summed E-state index contributed by atoms with van der Waals surface area (Å²) in [6.45, 7) is 0. The molecule has 0 saturated carbocycles. The Kier molecular flexibility index (Phi) is 5.11. The number of nitrogen functional groups attached to an aromatic ring is 1. The molecule has 0 spiro atoms. The molecule has 1 aliphatic carbocycles. The fourth-order valence-electron chi connectivity index (χ4n) is 1.67. The van der Waals surface area contributed by atoms with Gasteiger partial charge in [0, 0.05) is 10.2 Å². The van der Waals surface area contributed by atoms with E-state index in [1.54, 1.807) is 0 Å². The first-order chi connectivity index (χ1) is 5.29. The van der Waals surface area contributed by atoms with Crippen LogP contribution in [0, 0.1) is 0 Å². The zero-order valence-electron chi connectivity index (χ0n) is 7.05. The SMILES string of the molecule is Cl.Cl.Nc1c(Br)ccc2c1CCC2. The molecule has 4 heteroatoms. The van der Waals surface area contributed by atoms with Crippen LogP contribution in [-0.4, -0.2) is 0 Å². The normalized spacial score (nSPS) is 12.7. The third-order valence-electron chi connectivity index (χ3n) is 2.27. The summed E-state index contributed by atoms with van der Waals surface area (Å²) < 4.78 is 1.04. The number of fused-ring (bicyclic) bond motifs is 1. The molecule has 1 aromatic rings. The maximum atomic E-state index is 5.89. The van der Waals surface area contributed by atoms with Crippen LogP contribution >= 0.6 is 40.7 Å². The molecule has 0 bridgehead atoms. The summed E-state index contributed by atoms with van der Waals surface area (Å²) in [5, 5.41) is 0. The summed E-state index contributed by atoms with van der Waals surface area (Å²) in [5.74, 6) is 0. The van der Waals surface area contributed by atoms with Crippen molar-refractivity contribution in [1.82, 2.24) is 0 Å². The Morgan fingerprint density at radius 3 is 2.54 bits per heavy atom. The molecule has 1 aromatic carbocycles. The summed E-state index contributed by atoms with van der Waals surface area (Å²) in [6.07, 6.45) is 3.61. The average Bonchev–Trinajstić information content (AvgIpc) is 2.45. The van der Waals surface area contributed by atoms with Crippen molar-refractivity contribution in [1.29, 1.82) is 0 Å². The fraction of sp³-hybridized carbons (Fsp3) is 0.333. The van der Waals surface area contributed by atoms with E-state index in [-0.39, 0.29) is 24.8 Å². The summed E-state index contributed by atoms with van der Waals surface area (Å²) in [7, 11) is 0. The van der Waals surface area contributed by atoms with Crippen LogP contribution in [0.15, 0.2) is 16.6 Å². The topological polar surface area (TPSA) is 26.0 Å². The third-order valence-corrected chi connectivity index (χ3v) is 2.97. The molecule has 2 rings (SSSR count). The predicted molar refractivity (Wildman–Crippen MR) is 65.1 cm³/mol. The van der Waals surface area contributed by atoms with Crippen LogP contribution in [0.4, 0.5) is 5.69 Å². The lowest BCUT2D eigenvalue weighted by molar-refractivity contribution is 0.912. The minimum absolute atomic E-state index is 0. The Balaban J connectivity index is 0.000000720. The standard InChI is InChI=1S/C9H10BrN.2ClH/c10-8-5-4-6-2-1-3-7(6)9(8)11;;/h4-5H,1-3,11H2;2*1H. The molecule has 1 aliphatic rings. The molecular formula is C9H12BrCl2N. The Hall–Kier alpha value is 0.0800. The van der Waals surface area contributed by atoms with Gasteiger partial charge in [0.25, 0.3) is 0 Å². The molecule has 0 saturated heterocycles. The van der Waals surface area contributed by atoms with E-state index in [1.807, 2.05) is 6.07 Å². The van der Waals surface area contributed by atoms with Gasteiger partial charge in [-0.05, 0) is 52.4 Å². The van der Waals surface area contributed by atoms with Gasteiger partial charge in [-0.3, -0.25) is 0 Å². The van der Waals surface area contributed by atoms with Crippen LogP contribution in [0.25, 0.3) is 0 Å². The summed E-state index contributed by atoms with van der Waals surface area (Å²) in [4.78, 5) is 0. The highest BCUT2D eigenvalue weighted by atomic mass is 79.9. The van der Waals surface area contributed by atoms with Crippen molar-refractivity contribution in [3.05, 3.63) is 27.7 Å². The van der Waals surface area contributed by atoms with Crippen LogP contribution in [-0.2, 0) is 12.8 Å². The first kappa shape index (κ1) is 13.1. The second kappa shape index (κ2) is 5.08. The van der Waals surface area contributed by atoms with Gasteiger partial charge in [0.15, 0.2) is 0 Å². The lowest BCUT2D eigenvalue weighted by Crippen LogP contribution is -1.93. The first-order valence-electron chi connectivity index (χ1n) is 3.85. The molecule has 0 aliphatic heterocycles. The number of nitrogens with two attached hydrogens (primary N) is 1. The van der Waals surface area contributed by atoms with Gasteiger partial charge in [0.2, 0.25) is 0 Å². The van der Waals surface area contributed by atoms with Crippen molar-refractivity contribution in [3.63, 3.8) is 0 Å². The van der Waals surface area contributed by atoms with Crippen LogP contribution < -0.4 is 5.73 Å². The Morgan fingerprint density at radius 2 is 1.85 bits per heavy atom. The van der Waals surface area contributed by atoms with E-state index >= 15 is 0 Å². The van der Waals surface area contributed by atoms with E-state index < -0.39 is 0 Å². The van der Waals surface area contributed by atoms with Gasteiger partial charge in [-0.25, -0.2) is 0 Å². The number of aryl methyl sites for hydroxylation is 1. The van der Waals surface area contributed by atoms with Crippen molar-refractivity contribution in [2.75, 3.05) is 5.73 Å². The monoisotopic (exact) mass is 283 g/mol. The molecule has 1 nitrogen and oxygen atoms in total. The summed E-state index contributed by atoms with van der Waals surface area (Å²) >= 11 is 3.42. The number of benzene rings is 1. The van der Waals surface area contributed by atoms with Crippen molar-refractivity contribution < 1.29 is 0 Å². The molecule has 2 N–H and O–H groups in total. The molecule has 0 heterocycles. The van der Waals surface area contributed by atoms with Crippen LogP contribution in [0.3, 0.4) is 0 Å². The van der Waals surface area contributed by atoms with Gasteiger partial charge < -0.3 is 5.73 Å². The molecule has 74 valence electrons. The fourth-order valence-corrected chi connectivity index (χ4v) is 2.04. The molecule has 0 amide bonds. The van der Waals surface area contributed by atoms with Gasteiger partial charge in [0.1, 0.15) is 0 Å². The molecule has 0 atom stereocenters. The molecular weight excluding hydrogens is 273 g/mol. The molecule has 0 aromatic heterocycles. The number of rotatable bonds is 0. The summed E-state index contributed by atoms with van der Waals surface area (Å²) in [6, 6.07) is 4.21. The molecule has 0 radical (unpaired) electrons. The van der Waals surface area contributed by atoms with Crippen LogP contribution in [0.2, 0.25) is 0 Å². The highest BCUT2D eigenvalue weighted by molar-refractivity contribution is 9.10. The largest absolute Gasteiger partial charge is 0.398 e. The zero-order valence-corrected chi connectivity index (χ0v) is 10.3. The maximum absolute atomic E-state index is 5.89. The first-order valence-corrected chi connectivity index (χ1v) is 4.64. The molecule has 0 fully saturated rings. The number of hydrogen-bond acceptors (Lipinski definition) is 1. The predicted octanol–water partition coefficient (Wildman–Crippen LogP) is 3.36. The van der Waals surface area contributed by atoms with E-state index in [2.05, 4.69) is 22.0 Å². The second-order valence-corrected chi connectivity index (χ2v) is 3.81. The Labute approximate surface area is 99.0 Å². The second-order valence-electron chi connectivity index (χ2n) is 2.95. The lowest BCUT2D eigenvalue weighted by Gasteiger charge is -2.04. The van der Waals surface area contributed by atoms with Crippen molar-refractivity contribution >= 4 is 46.4 Å². The Bertz CT molecular complexity index is 302. The third kappa shape index (κ3) is 2.30. The molecule has 0 unspecified atom stereocenters. The van der Waals surface area contributed by atoms with E-state index in [1.165, 1.54) is 24.0 Å². The van der Waals surface area contributed by atoms with Gasteiger partial charge in [-0.1, -0.05) is 6.07 Å². The number of hydrogen-bond donors (Lipinski definition) is 1. The Morgan fingerprint density at radius 1 is 1.15 bits per heavy atom. The maximum Gasteiger partial charge on any atom is 0.0493 e. The van der Waals surface area contributed by atoms with Crippen molar-refractivity contribution in [2.45, 2.75) is 19.3 Å². The van der Waals surface area contributed by atoms with Gasteiger partial charge >= 0.3 is 0 Å². The highest BCUT2D eigenvalue weighted by Crippen LogP contribution is 2.32. The van der Waals surface area contributed by atoms with Crippen molar-refractivity contribution in [2.24, 2.45) is 0 Å². The minimum Gasteiger partial charge on any atom is -0.398 e. The zero-order chi connectivity index (χ0) is 7.84. The van der Waals surface area contributed by atoms with E-state index in [9.17, 15) is 0 Å². The van der Waals surface area contributed by atoms with Gasteiger partial charge in [-0.2, -0.15) is 0 Å². The van der Waals surface area contributed by atoms with E-state index in [4.69, 9.17) is 5.73 Å². The summed E-state index contributed by atoms with van der Waals surface area (Å²) in [5.41, 5.74) is 9.63. The van der Waals surface area contributed by atoms with Gasteiger partial charge in [0.05, 0.1) is 0 Å². The smallest absolute Gasteiger partial charge is 0.0493 e. The minimum atomic E-state index is 0. The molecule has 13 heavy (non-hydrogen) atoms. The number of halogens is 3. The quantitative estimate of drug-likeness (QED) is 0.727. The van der Waals surface area contributed by atoms with Crippen LogP contribution in [0.5, 0.6) is 0 Å².